The molecular formula is C15H28N2O3. The molecule has 3 N–H and O–H groups in total. The Hall–Kier alpha value is -1.10. The van der Waals surface area contributed by atoms with Crippen molar-refractivity contribution in [3.63, 3.8) is 0 Å². The number of carboxylic acid groups (broad SMARTS) is 1. The largest absolute Gasteiger partial charge is 0.481 e. The van der Waals surface area contributed by atoms with Gasteiger partial charge in [0.25, 0.3) is 0 Å². The van der Waals surface area contributed by atoms with Gasteiger partial charge >= 0.3 is 5.97 Å². The first-order valence-corrected chi connectivity index (χ1v) is 7.44. The molecule has 3 atom stereocenters. The Kier molecular flexibility index (Phi) is 5.99. The maximum atomic E-state index is 12.1. The average Bonchev–Trinajstić information content (AvgIpc) is 2.33. The van der Waals surface area contributed by atoms with Gasteiger partial charge in [0, 0.05) is 6.54 Å². The summed E-state index contributed by atoms with van der Waals surface area (Å²) in [5, 5.41) is 15.3. The summed E-state index contributed by atoms with van der Waals surface area (Å²) in [6.45, 7) is 9.14. The van der Waals surface area contributed by atoms with Gasteiger partial charge in [-0.3, -0.25) is 9.59 Å². The Morgan fingerprint density at radius 2 is 2.05 bits per heavy atom. The number of hydrogen-bond acceptors (Lipinski definition) is 3. The predicted molar refractivity (Wildman–Crippen MR) is 78.4 cm³/mol. The second-order valence-electron chi connectivity index (χ2n) is 7.10. The monoisotopic (exact) mass is 284 g/mol. The van der Waals surface area contributed by atoms with Crippen LogP contribution >= 0.6 is 0 Å². The molecule has 0 aromatic rings. The molecule has 1 saturated heterocycles. The van der Waals surface area contributed by atoms with Gasteiger partial charge in [0.2, 0.25) is 5.91 Å². The molecular weight excluding hydrogens is 256 g/mol. The lowest BCUT2D eigenvalue weighted by Crippen LogP contribution is -2.52. The van der Waals surface area contributed by atoms with E-state index >= 15 is 0 Å². The lowest BCUT2D eigenvalue weighted by Gasteiger charge is -2.30. The molecule has 1 aliphatic rings. The van der Waals surface area contributed by atoms with E-state index in [9.17, 15) is 14.7 Å². The molecule has 3 unspecified atom stereocenters. The van der Waals surface area contributed by atoms with Crippen LogP contribution in [0.15, 0.2) is 0 Å². The van der Waals surface area contributed by atoms with Gasteiger partial charge in [0.1, 0.15) is 0 Å². The van der Waals surface area contributed by atoms with Gasteiger partial charge < -0.3 is 15.7 Å². The molecule has 0 saturated carbocycles. The molecule has 0 bridgehead atoms. The Morgan fingerprint density at radius 1 is 1.40 bits per heavy atom. The van der Waals surface area contributed by atoms with Gasteiger partial charge in [-0.25, -0.2) is 0 Å². The maximum absolute atomic E-state index is 12.1. The van der Waals surface area contributed by atoms with Crippen LogP contribution < -0.4 is 10.6 Å². The molecule has 1 fully saturated rings. The van der Waals surface area contributed by atoms with Crippen molar-refractivity contribution in [1.82, 2.24) is 10.6 Å². The van der Waals surface area contributed by atoms with E-state index in [4.69, 9.17) is 0 Å². The normalized spacial score (nSPS) is 25.0. The summed E-state index contributed by atoms with van der Waals surface area (Å²) in [7, 11) is 0. The Balaban J connectivity index is 2.50. The van der Waals surface area contributed by atoms with Crippen LogP contribution in [-0.4, -0.2) is 36.1 Å². The average molecular weight is 284 g/mol. The minimum absolute atomic E-state index is 0.0653. The highest BCUT2D eigenvalue weighted by Crippen LogP contribution is 2.24. The van der Waals surface area contributed by atoms with Gasteiger partial charge in [-0.15, -0.1) is 0 Å². The van der Waals surface area contributed by atoms with E-state index < -0.39 is 11.9 Å². The smallest absolute Gasteiger partial charge is 0.308 e. The van der Waals surface area contributed by atoms with Crippen LogP contribution in [0.2, 0.25) is 0 Å². The molecule has 0 aliphatic carbocycles. The SMILES string of the molecule is CC1CCCNC1C(=O)NCC(CC(C)(C)C)C(=O)O. The Bertz CT molecular complexity index is 350. The fourth-order valence-electron chi connectivity index (χ4n) is 2.72. The summed E-state index contributed by atoms with van der Waals surface area (Å²) in [6, 6.07) is -0.187. The molecule has 1 rings (SSSR count). The third-order valence-electron chi connectivity index (χ3n) is 3.78. The summed E-state index contributed by atoms with van der Waals surface area (Å²) >= 11 is 0. The second-order valence-corrected chi connectivity index (χ2v) is 7.10. The molecule has 1 amide bonds. The predicted octanol–water partition coefficient (Wildman–Crippen LogP) is 1.63. The highest BCUT2D eigenvalue weighted by Gasteiger charge is 2.29. The van der Waals surface area contributed by atoms with Crippen molar-refractivity contribution >= 4 is 11.9 Å². The third-order valence-corrected chi connectivity index (χ3v) is 3.78. The van der Waals surface area contributed by atoms with Crippen molar-refractivity contribution in [2.45, 2.75) is 53.0 Å². The number of carbonyl (C=O) groups is 2. The van der Waals surface area contributed by atoms with Gasteiger partial charge in [-0.05, 0) is 37.1 Å². The molecule has 0 spiro atoms. The van der Waals surface area contributed by atoms with Crippen molar-refractivity contribution in [3.05, 3.63) is 0 Å². The summed E-state index contributed by atoms with van der Waals surface area (Å²) in [5.74, 6) is -1.14. The van der Waals surface area contributed by atoms with E-state index in [1.165, 1.54) is 0 Å². The molecule has 0 aromatic heterocycles. The quantitative estimate of drug-likeness (QED) is 0.717. The van der Waals surface area contributed by atoms with Crippen molar-refractivity contribution in [2.24, 2.45) is 17.3 Å². The number of carboxylic acids is 1. The summed E-state index contributed by atoms with van der Waals surface area (Å²) in [6.07, 6.45) is 2.68. The minimum Gasteiger partial charge on any atom is -0.481 e. The first kappa shape index (κ1) is 17.0. The number of nitrogens with one attached hydrogen (secondary N) is 2. The topological polar surface area (TPSA) is 78.4 Å². The van der Waals surface area contributed by atoms with Crippen molar-refractivity contribution < 1.29 is 14.7 Å². The van der Waals surface area contributed by atoms with Crippen LogP contribution in [0.3, 0.4) is 0 Å². The highest BCUT2D eigenvalue weighted by molar-refractivity contribution is 5.82. The maximum Gasteiger partial charge on any atom is 0.308 e. The number of carbonyl (C=O) groups excluding carboxylic acids is 1. The molecule has 20 heavy (non-hydrogen) atoms. The zero-order chi connectivity index (χ0) is 15.3. The zero-order valence-corrected chi connectivity index (χ0v) is 13.0. The summed E-state index contributed by atoms with van der Waals surface area (Å²) in [4.78, 5) is 23.4. The first-order valence-electron chi connectivity index (χ1n) is 7.44. The number of amides is 1. The molecule has 0 radical (unpaired) electrons. The van der Waals surface area contributed by atoms with Crippen LogP contribution in [-0.2, 0) is 9.59 Å². The van der Waals surface area contributed by atoms with Crippen LogP contribution in [0.25, 0.3) is 0 Å². The van der Waals surface area contributed by atoms with Crippen LogP contribution in [0.5, 0.6) is 0 Å². The molecule has 5 heteroatoms. The Morgan fingerprint density at radius 3 is 2.55 bits per heavy atom. The van der Waals surface area contributed by atoms with Gasteiger partial charge in [0.15, 0.2) is 0 Å². The number of aliphatic carboxylic acids is 1. The lowest BCUT2D eigenvalue weighted by molar-refractivity contribution is -0.142. The lowest BCUT2D eigenvalue weighted by atomic mass is 9.84. The van der Waals surface area contributed by atoms with Gasteiger partial charge in [-0.2, -0.15) is 0 Å². The second kappa shape index (κ2) is 7.07. The van der Waals surface area contributed by atoms with E-state index in [0.29, 0.717) is 12.3 Å². The van der Waals surface area contributed by atoms with E-state index in [2.05, 4.69) is 17.6 Å². The third kappa shape index (κ3) is 5.49. The van der Waals surface area contributed by atoms with Gasteiger partial charge in [-0.1, -0.05) is 27.7 Å². The van der Waals surface area contributed by atoms with E-state index in [1.54, 1.807) is 0 Å². The minimum atomic E-state index is -0.843. The molecule has 116 valence electrons. The standard InChI is InChI=1S/C15H28N2O3/c1-10-6-5-7-16-12(10)13(18)17-9-11(14(19)20)8-15(2,3)4/h10-12,16H,5-9H2,1-4H3,(H,17,18)(H,19,20). The highest BCUT2D eigenvalue weighted by atomic mass is 16.4. The van der Waals surface area contributed by atoms with Crippen molar-refractivity contribution in [3.8, 4) is 0 Å². The van der Waals surface area contributed by atoms with Crippen LogP contribution in [0.1, 0.15) is 47.0 Å². The van der Waals surface area contributed by atoms with E-state index in [-0.39, 0.29) is 23.9 Å². The molecule has 1 heterocycles. The number of hydrogen-bond donors (Lipinski definition) is 3. The van der Waals surface area contributed by atoms with E-state index in [0.717, 1.165) is 19.4 Å². The van der Waals surface area contributed by atoms with E-state index in [1.807, 2.05) is 20.8 Å². The fourth-order valence-corrected chi connectivity index (χ4v) is 2.72. The zero-order valence-electron chi connectivity index (χ0n) is 13.0. The number of rotatable bonds is 5. The van der Waals surface area contributed by atoms with Crippen molar-refractivity contribution in [2.75, 3.05) is 13.1 Å². The molecule has 0 aromatic carbocycles. The number of piperidine rings is 1. The molecule has 1 aliphatic heterocycles. The summed E-state index contributed by atoms with van der Waals surface area (Å²) in [5.41, 5.74) is -0.0653. The fraction of sp³-hybridized carbons (Fsp3) is 0.867. The first-order chi connectivity index (χ1) is 9.20. The van der Waals surface area contributed by atoms with Crippen molar-refractivity contribution in [1.29, 1.82) is 0 Å². The summed E-state index contributed by atoms with van der Waals surface area (Å²) < 4.78 is 0. The van der Waals surface area contributed by atoms with Gasteiger partial charge in [0.05, 0.1) is 12.0 Å². The van der Waals surface area contributed by atoms with Crippen LogP contribution in [0.4, 0.5) is 0 Å². The molecule has 5 nitrogen and oxygen atoms in total. The van der Waals surface area contributed by atoms with Crippen LogP contribution in [0, 0.1) is 17.3 Å². The Labute approximate surface area is 121 Å².